The number of hydrogen-bond acceptors (Lipinski definition) is 7. The van der Waals surface area contributed by atoms with Gasteiger partial charge in [-0.1, -0.05) is 0 Å². The lowest BCUT2D eigenvalue weighted by molar-refractivity contribution is -0.145. The van der Waals surface area contributed by atoms with Crippen LogP contribution in [0.2, 0.25) is 0 Å². The third kappa shape index (κ3) is 4.05. The maximum Gasteiger partial charge on any atom is 0.229 e. The van der Waals surface area contributed by atoms with Crippen LogP contribution in [0, 0.1) is 17.1 Å². The van der Waals surface area contributed by atoms with Gasteiger partial charge in [0.05, 0.1) is 48.2 Å². The maximum absolute atomic E-state index is 13.2. The summed E-state index contributed by atoms with van der Waals surface area (Å²) in [6.07, 6.45) is 11.3. The monoisotopic (exact) mass is 533 g/mol. The van der Waals surface area contributed by atoms with E-state index in [0.29, 0.717) is 24.3 Å². The summed E-state index contributed by atoms with van der Waals surface area (Å²) in [6.45, 7) is 1.40. The van der Waals surface area contributed by atoms with Gasteiger partial charge >= 0.3 is 0 Å². The third-order valence-corrected chi connectivity index (χ3v) is 7.76. The molecular formula is C29H24FN9O. The first-order valence-electron chi connectivity index (χ1n) is 13.0. The molecule has 1 amide bonds. The van der Waals surface area contributed by atoms with Gasteiger partial charge in [0.15, 0.2) is 0 Å². The number of piperazine rings is 1. The number of aromatic nitrogens is 6. The average Bonchev–Trinajstić information content (AvgIpc) is 3.60. The Kier molecular flexibility index (Phi) is 5.55. The number of amides is 1. The van der Waals surface area contributed by atoms with Crippen LogP contribution >= 0.6 is 0 Å². The number of aryl methyl sites for hydroxylation is 1. The molecule has 3 aliphatic heterocycles. The number of pyridine rings is 3. The van der Waals surface area contributed by atoms with Crippen LogP contribution in [0.15, 0.2) is 67.5 Å². The first kappa shape index (κ1) is 24.0. The Bertz CT molecular complexity index is 1770. The molecule has 0 aromatic carbocycles. The van der Waals surface area contributed by atoms with Gasteiger partial charge in [0.25, 0.3) is 0 Å². The fourth-order valence-corrected chi connectivity index (χ4v) is 5.85. The van der Waals surface area contributed by atoms with Gasteiger partial charge < -0.3 is 9.80 Å². The van der Waals surface area contributed by atoms with Gasteiger partial charge in [-0.3, -0.25) is 14.5 Å². The molecule has 5 aromatic rings. The van der Waals surface area contributed by atoms with Crippen LogP contribution in [-0.4, -0.2) is 65.3 Å². The Morgan fingerprint density at radius 1 is 1.00 bits per heavy atom. The Hall–Kier alpha value is -5.11. The van der Waals surface area contributed by atoms with Crippen molar-refractivity contribution >= 4 is 17.2 Å². The van der Waals surface area contributed by atoms with Gasteiger partial charge in [0.2, 0.25) is 5.91 Å². The van der Waals surface area contributed by atoms with E-state index in [0.717, 1.165) is 46.2 Å². The molecule has 8 rings (SSSR count). The molecular weight excluding hydrogens is 509 g/mol. The predicted molar refractivity (Wildman–Crippen MR) is 144 cm³/mol. The molecule has 11 heteroatoms. The summed E-state index contributed by atoms with van der Waals surface area (Å²) >= 11 is 0. The maximum atomic E-state index is 13.2. The van der Waals surface area contributed by atoms with Crippen molar-refractivity contribution in [3.8, 4) is 28.3 Å². The minimum Gasteiger partial charge on any atom is -0.352 e. The molecule has 3 saturated heterocycles. The normalized spacial score (nSPS) is 18.0. The quantitative estimate of drug-likeness (QED) is 0.341. The number of carbonyl (C=O) groups excluding carboxylic acids is 1. The van der Waals surface area contributed by atoms with E-state index >= 15 is 0 Å². The van der Waals surface area contributed by atoms with E-state index in [9.17, 15) is 14.4 Å². The Balaban J connectivity index is 1.12. The first-order chi connectivity index (χ1) is 19.5. The summed E-state index contributed by atoms with van der Waals surface area (Å²) in [7, 11) is 1.87. The summed E-state index contributed by atoms with van der Waals surface area (Å²) in [5, 5.41) is 18.4. The smallest absolute Gasteiger partial charge is 0.229 e. The molecule has 3 fully saturated rings. The van der Waals surface area contributed by atoms with E-state index in [1.807, 2.05) is 48.7 Å². The van der Waals surface area contributed by atoms with E-state index in [4.69, 9.17) is 4.98 Å². The highest BCUT2D eigenvalue weighted by molar-refractivity contribution is 5.87. The zero-order chi connectivity index (χ0) is 27.4. The highest BCUT2D eigenvalue weighted by atomic mass is 19.1. The van der Waals surface area contributed by atoms with Crippen molar-refractivity contribution in [3.63, 3.8) is 0 Å². The van der Waals surface area contributed by atoms with Gasteiger partial charge in [-0.05, 0) is 36.8 Å². The molecule has 3 aliphatic rings. The van der Waals surface area contributed by atoms with E-state index in [1.165, 1.54) is 6.07 Å². The van der Waals surface area contributed by atoms with Crippen molar-refractivity contribution < 1.29 is 9.18 Å². The summed E-state index contributed by atoms with van der Waals surface area (Å²) in [4.78, 5) is 25.9. The number of halogens is 1. The fraction of sp³-hybridized carbons (Fsp3) is 0.241. The number of nitrogens with zero attached hydrogens (tertiary/aromatic N) is 9. The van der Waals surface area contributed by atoms with Crippen LogP contribution in [0.5, 0.6) is 0 Å². The summed E-state index contributed by atoms with van der Waals surface area (Å²) in [5.74, 6) is 0.460. The van der Waals surface area contributed by atoms with Crippen molar-refractivity contribution in [1.29, 1.82) is 5.26 Å². The standard InChI is InChI=1S/C29H24FN9O/c1-36-14-21(12-34-36)19-6-26(29-20(9-31)11-35-38(29)15-19)18-2-5-27(33-10-18)37-16-24-8-25(17-37)39(24)28(40)7-23-4-3-22(30)13-32-23/h2-6,10-15,24-25H,7-8,16-17H2,1H3. The van der Waals surface area contributed by atoms with Gasteiger partial charge in [0, 0.05) is 66.7 Å². The van der Waals surface area contributed by atoms with Crippen molar-refractivity contribution in [2.24, 2.45) is 7.05 Å². The molecule has 0 radical (unpaired) electrons. The largest absolute Gasteiger partial charge is 0.352 e. The molecule has 2 bridgehead atoms. The second-order valence-corrected chi connectivity index (χ2v) is 10.3. The summed E-state index contributed by atoms with van der Waals surface area (Å²) in [5.41, 5.74) is 5.42. The molecule has 0 N–H and O–H groups in total. The van der Waals surface area contributed by atoms with Crippen molar-refractivity contribution in [2.75, 3.05) is 18.0 Å². The van der Waals surface area contributed by atoms with Gasteiger partial charge in [-0.15, -0.1) is 0 Å². The molecule has 0 spiro atoms. The van der Waals surface area contributed by atoms with Gasteiger partial charge in [-0.2, -0.15) is 15.5 Å². The topological polar surface area (TPSA) is 108 Å². The molecule has 198 valence electrons. The minimum absolute atomic E-state index is 0.0231. The van der Waals surface area contributed by atoms with Gasteiger partial charge in [0.1, 0.15) is 17.7 Å². The third-order valence-electron chi connectivity index (χ3n) is 7.76. The van der Waals surface area contributed by atoms with Crippen molar-refractivity contribution in [1.82, 2.24) is 34.3 Å². The highest BCUT2D eigenvalue weighted by Crippen LogP contribution is 2.36. The van der Waals surface area contributed by atoms with Crippen LogP contribution < -0.4 is 4.90 Å². The van der Waals surface area contributed by atoms with E-state index in [-0.39, 0.29) is 24.4 Å². The lowest BCUT2D eigenvalue weighted by atomic mass is 9.86. The number of rotatable bonds is 5. The van der Waals surface area contributed by atoms with Crippen LogP contribution in [-0.2, 0) is 18.3 Å². The Labute approximate surface area is 228 Å². The molecule has 40 heavy (non-hydrogen) atoms. The van der Waals surface area contributed by atoms with Gasteiger partial charge in [-0.25, -0.2) is 13.9 Å². The zero-order valence-electron chi connectivity index (χ0n) is 21.6. The SMILES string of the molecule is Cn1cc(-c2cc(-c3ccc(N4CC5CC(C4)N5C(=O)Cc4ccc(F)cn4)nc3)c3c(C#N)cnn3c2)cn1. The van der Waals surface area contributed by atoms with Crippen LogP contribution in [0.25, 0.3) is 27.8 Å². The number of nitriles is 1. The second kappa shape index (κ2) is 9.27. The summed E-state index contributed by atoms with van der Waals surface area (Å²) < 4.78 is 16.6. The van der Waals surface area contributed by atoms with Crippen molar-refractivity contribution in [2.45, 2.75) is 24.9 Å². The molecule has 8 heterocycles. The highest BCUT2D eigenvalue weighted by Gasteiger charge is 2.47. The molecule has 2 atom stereocenters. The lowest BCUT2D eigenvalue weighted by Gasteiger charge is -2.56. The Morgan fingerprint density at radius 3 is 2.52 bits per heavy atom. The lowest BCUT2D eigenvalue weighted by Crippen LogP contribution is -2.70. The number of anilines is 1. The number of hydrogen-bond donors (Lipinski definition) is 0. The predicted octanol–water partition coefficient (Wildman–Crippen LogP) is 3.23. The minimum atomic E-state index is -0.410. The Morgan fingerprint density at radius 2 is 1.85 bits per heavy atom. The fourth-order valence-electron chi connectivity index (χ4n) is 5.85. The molecule has 5 aromatic heterocycles. The van der Waals surface area contributed by atoms with Crippen LogP contribution in [0.3, 0.4) is 0 Å². The average molecular weight is 534 g/mol. The van der Waals surface area contributed by atoms with Crippen molar-refractivity contribution in [3.05, 3.63) is 84.6 Å². The number of fused-ring (bicyclic) bond motifs is 3. The zero-order valence-corrected chi connectivity index (χ0v) is 21.6. The van der Waals surface area contributed by atoms with E-state index in [2.05, 4.69) is 26.2 Å². The molecule has 0 saturated carbocycles. The van der Waals surface area contributed by atoms with E-state index < -0.39 is 5.82 Å². The van der Waals surface area contributed by atoms with Crippen LogP contribution in [0.4, 0.5) is 10.2 Å². The number of piperidine rings is 1. The van der Waals surface area contributed by atoms with Crippen LogP contribution in [0.1, 0.15) is 17.7 Å². The number of carbonyl (C=O) groups is 1. The summed E-state index contributed by atoms with van der Waals surface area (Å²) in [6, 6.07) is 11.4. The molecule has 2 unspecified atom stereocenters. The van der Waals surface area contributed by atoms with E-state index in [1.54, 1.807) is 27.7 Å². The second-order valence-electron chi connectivity index (χ2n) is 10.3. The first-order valence-corrected chi connectivity index (χ1v) is 13.0. The molecule has 0 aliphatic carbocycles. The molecule has 10 nitrogen and oxygen atoms in total.